The van der Waals surface area contributed by atoms with Crippen LogP contribution in [0.15, 0.2) is 45.5 Å². The minimum atomic E-state index is 0.695. The lowest BCUT2D eigenvalue weighted by Crippen LogP contribution is -2.22. The number of nitrogens with zero attached hydrogens (tertiary/aromatic N) is 1. The van der Waals surface area contributed by atoms with E-state index in [2.05, 4.69) is 64.3 Å². The molecule has 0 saturated heterocycles. The van der Waals surface area contributed by atoms with Crippen LogP contribution in [0.2, 0.25) is 0 Å². The second kappa shape index (κ2) is 7.50. The third-order valence-corrected chi connectivity index (χ3v) is 3.75. The van der Waals surface area contributed by atoms with Gasteiger partial charge in [-0.25, -0.2) is 0 Å². The van der Waals surface area contributed by atoms with Gasteiger partial charge < -0.3 is 9.73 Å². The lowest BCUT2D eigenvalue weighted by molar-refractivity contribution is 0.296. The number of benzene rings is 1. The number of hydrogen-bond donors (Lipinski definition) is 1. The molecule has 0 spiro atoms. The second-order valence-electron chi connectivity index (χ2n) is 4.72. The first-order chi connectivity index (χ1) is 9.71. The largest absolute Gasteiger partial charge is 0.452 e. The van der Waals surface area contributed by atoms with Crippen LogP contribution in [0.3, 0.4) is 0 Å². The van der Waals surface area contributed by atoms with E-state index >= 15 is 0 Å². The van der Waals surface area contributed by atoms with Crippen LogP contribution >= 0.6 is 15.9 Å². The molecule has 108 valence electrons. The first kappa shape index (κ1) is 15.1. The summed E-state index contributed by atoms with van der Waals surface area (Å²) in [7, 11) is 0. The van der Waals surface area contributed by atoms with Gasteiger partial charge in [0, 0.05) is 12.2 Å². The van der Waals surface area contributed by atoms with Crippen molar-refractivity contribution < 1.29 is 4.42 Å². The Morgan fingerprint density at radius 1 is 1.15 bits per heavy atom. The van der Waals surface area contributed by atoms with Gasteiger partial charge in [-0.05, 0) is 58.8 Å². The first-order valence-corrected chi connectivity index (χ1v) is 7.80. The normalized spacial score (nSPS) is 11.0. The number of halogens is 1. The van der Waals surface area contributed by atoms with Crippen molar-refractivity contribution in [2.75, 3.05) is 18.4 Å². The molecular formula is C16H21BrN2O. The SMILES string of the molecule is CCN(CC)Cc1cccc(NCc2ccc(Br)o2)c1. The smallest absolute Gasteiger partial charge is 0.169 e. The molecule has 0 amide bonds. The Bertz CT molecular complexity index is 535. The van der Waals surface area contributed by atoms with Crippen molar-refractivity contribution in [3.05, 3.63) is 52.4 Å². The number of furan rings is 1. The van der Waals surface area contributed by atoms with Gasteiger partial charge >= 0.3 is 0 Å². The summed E-state index contributed by atoms with van der Waals surface area (Å²) in [4.78, 5) is 2.41. The molecular weight excluding hydrogens is 316 g/mol. The quantitative estimate of drug-likeness (QED) is 0.807. The van der Waals surface area contributed by atoms with E-state index in [1.807, 2.05) is 12.1 Å². The molecule has 0 unspecified atom stereocenters. The molecule has 0 aliphatic heterocycles. The molecule has 2 rings (SSSR count). The highest BCUT2D eigenvalue weighted by Gasteiger charge is 2.03. The van der Waals surface area contributed by atoms with Gasteiger partial charge in [0.25, 0.3) is 0 Å². The van der Waals surface area contributed by atoms with Crippen molar-refractivity contribution in [1.29, 1.82) is 0 Å². The number of hydrogen-bond acceptors (Lipinski definition) is 3. The zero-order valence-electron chi connectivity index (χ0n) is 12.0. The Kier molecular flexibility index (Phi) is 5.68. The molecule has 1 aromatic carbocycles. The predicted octanol–water partition coefficient (Wildman–Crippen LogP) is 4.50. The fraction of sp³-hybridized carbons (Fsp3) is 0.375. The van der Waals surface area contributed by atoms with Gasteiger partial charge in [0.1, 0.15) is 5.76 Å². The van der Waals surface area contributed by atoms with Crippen molar-refractivity contribution in [1.82, 2.24) is 4.90 Å². The van der Waals surface area contributed by atoms with Crippen molar-refractivity contribution >= 4 is 21.6 Å². The van der Waals surface area contributed by atoms with Crippen LogP contribution in [0.1, 0.15) is 25.2 Å². The molecule has 1 aromatic heterocycles. The summed E-state index contributed by atoms with van der Waals surface area (Å²) in [5.41, 5.74) is 2.46. The number of rotatable bonds is 7. The Morgan fingerprint density at radius 2 is 1.95 bits per heavy atom. The molecule has 0 bridgehead atoms. The topological polar surface area (TPSA) is 28.4 Å². The van der Waals surface area contributed by atoms with Crippen LogP contribution < -0.4 is 5.32 Å². The van der Waals surface area contributed by atoms with Crippen molar-refractivity contribution in [2.45, 2.75) is 26.9 Å². The van der Waals surface area contributed by atoms with Gasteiger partial charge in [0.05, 0.1) is 6.54 Å². The van der Waals surface area contributed by atoms with E-state index in [4.69, 9.17) is 4.42 Å². The molecule has 0 saturated carbocycles. The summed E-state index contributed by atoms with van der Waals surface area (Å²) >= 11 is 3.31. The van der Waals surface area contributed by atoms with Crippen LogP contribution in [0.4, 0.5) is 5.69 Å². The Morgan fingerprint density at radius 3 is 2.60 bits per heavy atom. The monoisotopic (exact) mass is 336 g/mol. The lowest BCUT2D eigenvalue weighted by atomic mass is 10.2. The van der Waals surface area contributed by atoms with Crippen molar-refractivity contribution in [3.63, 3.8) is 0 Å². The zero-order valence-corrected chi connectivity index (χ0v) is 13.6. The van der Waals surface area contributed by atoms with Gasteiger partial charge in [-0.1, -0.05) is 26.0 Å². The van der Waals surface area contributed by atoms with Crippen LogP contribution in [-0.2, 0) is 13.1 Å². The van der Waals surface area contributed by atoms with E-state index in [0.717, 1.165) is 35.8 Å². The maximum Gasteiger partial charge on any atom is 0.169 e. The highest BCUT2D eigenvalue weighted by Crippen LogP contribution is 2.17. The summed E-state index contributed by atoms with van der Waals surface area (Å²) in [6, 6.07) is 12.4. The van der Waals surface area contributed by atoms with Crippen molar-refractivity contribution in [3.8, 4) is 0 Å². The van der Waals surface area contributed by atoms with Gasteiger partial charge in [-0.3, -0.25) is 4.90 Å². The Labute approximate surface area is 129 Å². The standard InChI is InChI=1S/C16H21BrN2O/c1-3-19(4-2)12-13-6-5-7-14(10-13)18-11-15-8-9-16(17)20-15/h5-10,18H,3-4,11-12H2,1-2H3. The summed E-state index contributed by atoms with van der Waals surface area (Å²) in [5.74, 6) is 0.922. The van der Waals surface area contributed by atoms with Crippen LogP contribution in [0.5, 0.6) is 0 Å². The van der Waals surface area contributed by atoms with E-state index < -0.39 is 0 Å². The molecule has 3 nitrogen and oxygen atoms in total. The van der Waals surface area contributed by atoms with Gasteiger partial charge in [-0.2, -0.15) is 0 Å². The molecule has 4 heteroatoms. The van der Waals surface area contributed by atoms with Crippen LogP contribution in [0, 0.1) is 0 Å². The summed E-state index contributed by atoms with van der Waals surface area (Å²) in [6.07, 6.45) is 0. The van der Waals surface area contributed by atoms with Crippen LogP contribution in [-0.4, -0.2) is 18.0 Å². The third-order valence-electron chi connectivity index (χ3n) is 3.32. The maximum absolute atomic E-state index is 5.48. The Balaban J connectivity index is 1.95. The minimum Gasteiger partial charge on any atom is -0.452 e. The fourth-order valence-electron chi connectivity index (χ4n) is 2.12. The van der Waals surface area contributed by atoms with Crippen LogP contribution in [0.25, 0.3) is 0 Å². The van der Waals surface area contributed by atoms with E-state index in [0.29, 0.717) is 6.54 Å². The van der Waals surface area contributed by atoms with Crippen molar-refractivity contribution in [2.24, 2.45) is 0 Å². The van der Waals surface area contributed by atoms with E-state index in [1.54, 1.807) is 0 Å². The molecule has 0 atom stereocenters. The van der Waals surface area contributed by atoms with Gasteiger partial charge in [0.2, 0.25) is 0 Å². The number of anilines is 1. The van der Waals surface area contributed by atoms with E-state index in [1.165, 1.54) is 5.56 Å². The zero-order chi connectivity index (χ0) is 14.4. The average molecular weight is 337 g/mol. The number of nitrogens with one attached hydrogen (secondary N) is 1. The summed E-state index contributed by atoms with van der Waals surface area (Å²) < 4.78 is 6.25. The molecule has 1 heterocycles. The lowest BCUT2D eigenvalue weighted by Gasteiger charge is -2.18. The molecule has 2 aromatic rings. The molecule has 0 radical (unpaired) electrons. The predicted molar refractivity (Wildman–Crippen MR) is 86.8 cm³/mol. The maximum atomic E-state index is 5.48. The molecule has 1 N–H and O–H groups in total. The minimum absolute atomic E-state index is 0.695. The highest BCUT2D eigenvalue weighted by molar-refractivity contribution is 9.10. The summed E-state index contributed by atoms with van der Waals surface area (Å²) in [6.45, 7) is 8.24. The third kappa shape index (κ3) is 4.39. The molecule has 0 fully saturated rings. The molecule has 0 aliphatic carbocycles. The van der Waals surface area contributed by atoms with E-state index in [9.17, 15) is 0 Å². The molecule has 0 aliphatic rings. The highest BCUT2D eigenvalue weighted by atomic mass is 79.9. The first-order valence-electron chi connectivity index (χ1n) is 7.00. The average Bonchev–Trinajstić information content (AvgIpc) is 2.89. The van der Waals surface area contributed by atoms with Gasteiger partial charge in [-0.15, -0.1) is 0 Å². The fourth-order valence-corrected chi connectivity index (χ4v) is 2.46. The second-order valence-corrected chi connectivity index (χ2v) is 5.50. The Hall–Kier alpha value is -1.26. The summed E-state index contributed by atoms with van der Waals surface area (Å²) in [5, 5.41) is 3.39. The van der Waals surface area contributed by atoms with Gasteiger partial charge in [0.15, 0.2) is 4.67 Å². The molecule has 20 heavy (non-hydrogen) atoms. The van der Waals surface area contributed by atoms with E-state index in [-0.39, 0.29) is 0 Å².